The van der Waals surface area contributed by atoms with Gasteiger partial charge in [-0.3, -0.25) is 9.69 Å². The molecule has 6 heteroatoms. The molecule has 0 spiro atoms. The van der Waals surface area contributed by atoms with Crippen molar-refractivity contribution in [2.75, 3.05) is 45.9 Å². The van der Waals surface area contributed by atoms with Gasteiger partial charge in [-0.05, 0) is 5.92 Å². The first-order valence-electron chi connectivity index (χ1n) is 7.35. The van der Waals surface area contributed by atoms with E-state index in [4.69, 9.17) is 22.7 Å². The van der Waals surface area contributed by atoms with Gasteiger partial charge in [0.05, 0.1) is 18.2 Å². The number of rotatable bonds is 8. The summed E-state index contributed by atoms with van der Waals surface area (Å²) in [6.07, 6.45) is 1.18. The fourth-order valence-corrected chi connectivity index (χ4v) is 2.26. The third-order valence-corrected chi connectivity index (χ3v) is 3.56. The minimum atomic E-state index is 0.199. The molecule has 0 radical (unpaired) electrons. The maximum Gasteiger partial charge on any atom is 0.222 e. The predicted molar refractivity (Wildman–Crippen MR) is 84.7 cm³/mol. The number of morpholine rings is 1. The van der Waals surface area contributed by atoms with E-state index in [-0.39, 0.29) is 5.91 Å². The highest BCUT2D eigenvalue weighted by Crippen LogP contribution is 2.06. The highest BCUT2D eigenvalue weighted by Gasteiger charge is 2.17. The molecule has 0 bridgehead atoms. The minimum Gasteiger partial charge on any atom is -0.393 e. The average molecular weight is 301 g/mol. The molecule has 0 saturated carbocycles. The van der Waals surface area contributed by atoms with E-state index in [1.54, 1.807) is 0 Å². The second-order valence-corrected chi connectivity index (χ2v) is 6.17. The van der Waals surface area contributed by atoms with E-state index >= 15 is 0 Å². The molecule has 1 saturated heterocycles. The van der Waals surface area contributed by atoms with E-state index in [1.807, 2.05) is 4.90 Å². The molecule has 0 aromatic heterocycles. The lowest BCUT2D eigenvalue weighted by atomic mass is 10.1. The molecule has 20 heavy (non-hydrogen) atoms. The van der Waals surface area contributed by atoms with Crippen LogP contribution in [0, 0.1) is 5.92 Å². The lowest BCUT2D eigenvalue weighted by Crippen LogP contribution is -2.44. The Morgan fingerprint density at radius 3 is 2.55 bits per heavy atom. The van der Waals surface area contributed by atoms with E-state index in [0.29, 0.717) is 30.3 Å². The van der Waals surface area contributed by atoms with Crippen molar-refractivity contribution >= 4 is 23.1 Å². The summed E-state index contributed by atoms with van der Waals surface area (Å²) >= 11 is 4.91. The molecule has 116 valence electrons. The standard InChI is InChI=1S/C14H27N3O2S/c1-12(2)11-14(18)17(4-3-13(15)20)6-5-16-7-9-19-10-8-16/h12H,3-11H2,1-2H3,(H2,15,20). The highest BCUT2D eigenvalue weighted by molar-refractivity contribution is 7.80. The lowest BCUT2D eigenvalue weighted by molar-refractivity contribution is -0.132. The Morgan fingerprint density at radius 2 is 2.00 bits per heavy atom. The van der Waals surface area contributed by atoms with Crippen molar-refractivity contribution in [1.82, 2.24) is 9.80 Å². The molecule has 0 atom stereocenters. The Bertz CT molecular complexity index is 318. The molecular formula is C14H27N3O2S. The van der Waals surface area contributed by atoms with Gasteiger partial charge < -0.3 is 15.4 Å². The van der Waals surface area contributed by atoms with Crippen molar-refractivity contribution in [3.8, 4) is 0 Å². The first-order chi connectivity index (χ1) is 9.49. The Kier molecular flexibility index (Phi) is 8.02. The molecule has 1 heterocycles. The van der Waals surface area contributed by atoms with Gasteiger partial charge in [-0.1, -0.05) is 26.1 Å². The largest absolute Gasteiger partial charge is 0.393 e. The molecule has 1 amide bonds. The van der Waals surface area contributed by atoms with Crippen LogP contribution in [0.1, 0.15) is 26.7 Å². The quantitative estimate of drug-likeness (QED) is 0.674. The van der Waals surface area contributed by atoms with Crippen LogP contribution < -0.4 is 5.73 Å². The van der Waals surface area contributed by atoms with Gasteiger partial charge in [0.15, 0.2) is 0 Å². The summed E-state index contributed by atoms with van der Waals surface area (Å²) in [6.45, 7) is 9.85. The maximum atomic E-state index is 12.2. The van der Waals surface area contributed by atoms with E-state index in [2.05, 4.69) is 18.7 Å². The van der Waals surface area contributed by atoms with Crippen molar-refractivity contribution in [3.05, 3.63) is 0 Å². The van der Waals surface area contributed by atoms with Crippen molar-refractivity contribution in [2.24, 2.45) is 11.7 Å². The zero-order chi connectivity index (χ0) is 15.0. The van der Waals surface area contributed by atoms with E-state index in [1.165, 1.54) is 0 Å². The summed E-state index contributed by atoms with van der Waals surface area (Å²) in [5, 5.41) is 0. The van der Waals surface area contributed by atoms with Gasteiger partial charge in [-0.15, -0.1) is 0 Å². The fourth-order valence-electron chi connectivity index (χ4n) is 2.17. The molecule has 0 aromatic carbocycles. The monoisotopic (exact) mass is 301 g/mol. The number of nitrogens with two attached hydrogens (primary N) is 1. The average Bonchev–Trinajstić information content (AvgIpc) is 2.38. The molecule has 1 aliphatic rings. The van der Waals surface area contributed by atoms with Gasteiger partial charge in [-0.2, -0.15) is 0 Å². The molecule has 1 aliphatic heterocycles. The van der Waals surface area contributed by atoms with Crippen LogP contribution in [-0.2, 0) is 9.53 Å². The molecular weight excluding hydrogens is 274 g/mol. The zero-order valence-electron chi connectivity index (χ0n) is 12.6. The Hall–Kier alpha value is -0.720. The number of thiocarbonyl (C=S) groups is 1. The summed E-state index contributed by atoms with van der Waals surface area (Å²) in [5.41, 5.74) is 5.55. The van der Waals surface area contributed by atoms with Crippen LogP contribution in [0.25, 0.3) is 0 Å². The van der Waals surface area contributed by atoms with Crippen LogP contribution in [-0.4, -0.2) is 66.6 Å². The Labute approximate surface area is 127 Å². The minimum absolute atomic E-state index is 0.199. The van der Waals surface area contributed by atoms with Crippen LogP contribution in [0.2, 0.25) is 0 Å². The highest BCUT2D eigenvalue weighted by atomic mass is 32.1. The van der Waals surface area contributed by atoms with Gasteiger partial charge in [-0.25, -0.2) is 0 Å². The van der Waals surface area contributed by atoms with Crippen LogP contribution in [0.3, 0.4) is 0 Å². The van der Waals surface area contributed by atoms with Crippen LogP contribution in [0.4, 0.5) is 0 Å². The van der Waals surface area contributed by atoms with E-state index in [0.717, 1.165) is 39.4 Å². The predicted octanol–water partition coefficient (Wildman–Crippen LogP) is 0.870. The number of nitrogens with zero attached hydrogens (tertiary/aromatic N) is 2. The topological polar surface area (TPSA) is 58.8 Å². The van der Waals surface area contributed by atoms with E-state index in [9.17, 15) is 4.79 Å². The van der Waals surface area contributed by atoms with Crippen molar-refractivity contribution in [3.63, 3.8) is 0 Å². The second kappa shape index (κ2) is 9.26. The van der Waals surface area contributed by atoms with Crippen LogP contribution >= 0.6 is 12.2 Å². The molecule has 2 N–H and O–H groups in total. The number of amides is 1. The zero-order valence-corrected chi connectivity index (χ0v) is 13.5. The first-order valence-corrected chi connectivity index (χ1v) is 7.76. The summed E-state index contributed by atoms with van der Waals surface area (Å²) in [6, 6.07) is 0. The summed E-state index contributed by atoms with van der Waals surface area (Å²) in [7, 11) is 0. The van der Waals surface area contributed by atoms with Gasteiger partial charge >= 0.3 is 0 Å². The maximum absolute atomic E-state index is 12.2. The number of hydrogen-bond acceptors (Lipinski definition) is 4. The lowest BCUT2D eigenvalue weighted by Gasteiger charge is -2.30. The van der Waals surface area contributed by atoms with Gasteiger partial charge in [0.2, 0.25) is 5.91 Å². The summed E-state index contributed by atoms with van der Waals surface area (Å²) < 4.78 is 5.33. The Morgan fingerprint density at radius 1 is 1.35 bits per heavy atom. The Balaban J connectivity index is 2.43. The second-order valence-electron chi connectivity index (χ2n) is 5.65. The van der Waals surface area contributed by atoms with Gasteiger partial charge in [0.1, 0.15) is 0 Å². The smallest absolute Gasteiger partial charge is 0.222 e. The summed E-state index contributed by atoms with van der Waals surface area (Å²) in [5.74, 6) is 0.572. The number of ether oxygens (including phenoxy) is 1. The first kappa shape index (κ1) is 17.3. The van der Waals surface area contributed by atoms with Crippen LogP contribution in [0.5, 0.6) is 0 Å². The van der Waals surface area contributed by atoms with Gasteiger partial charge in [0, 0.05) is 45.6 Å². The number of carbonyl (C=O) groups is 1. The third kappa shape index (κ3) is 7.17. The molecule has 0 unspecified atom stereocenters. The summed E-state index contributed by atoms with van der Waals surface area (Å²) in [4.78, 5) is 16.9. The van der Waals surface area contributed by atoms with Crippen molar-refractivity contribution in [1.29, 1.82) is 0 Å². The molecule has 0 aromatic rings. The third-order valence-electron chi connectivity index (χ3n) is 3.35. The van der Waals surface area contributed by atoms with E-state index < -0.39 is 0 Å². The van der Waals surface area contributed by atoms with Gasteiger partial charge in [0.25, 0.3) is 0 Å². The molecule has 0 aliphatic carbocycles. The normalized spacial score (nSPS) is 16.4. The SMILES string of the molecule is CC(C)CC(=O)N(CCC(N)=S)CCN1CCOCC1. The molecule has 1 rings (SSSR count). The van der Waals surface area contributed by atoms with Crippen molar-refractivity contribution < 1.29 is 9.53 Å². The fraction of sp³-hybridized carbons (Fsp3) is 0.857. The van der Waals surface area contributed by atoms with Crippen molar-refractivity contribution in [2.45, 2.75) is 26.7 Å². The van der Waals surface area contributed by atoms with Crippen LogP contribution in [0.15, 0.2) is 0 Å². The number of carbonyl (C=O) groups excluding carboxylic acids is 1. The molecule has 1 fully saturated rings. The molecule has 5 nitrogen and oxygen atoms in total. The number of hydrogen-bond donors (Lipinski definition) is 1.